The van der Waals surface area contributed by atoms with Crippen LogP contribution in [0.15, 0.2) is 68.9 Å². The van der Waals surface area contributed by atoms with Gasteiger partial charge in [0.05, 0.1) is 26.2 Å². The molecule has 4 rings (SSSR count). The number of amidine groups is 1. The molecule has 0 aliphatic carbocycles. The summed E-state index contributed by atoms with van der Waals surface area (Å²) in [5, 5.41) is 10.4. The Morgan fingerprint density at radius 2 is 1.88 bits per heavy atom. The van der Waals surface area contributed by atoms with Gasteiger partial charge in [-0.05, 0) is 73.3 Å². The molecule has 1 aromatic heterocycles. The highest BCUT2D eigenvalue weighted by molar-refractivity contribution is 8.18. The van der Waals surface area contributed by atoms with Gasteiger partial charge in [-0.15, -0.1) is 0 Å². The van der Waals surface area contributed by atoms with Crippen LogP contribution in [0.3, 0.4) is 0 Å². The molecule has 32 heavy (non-hydrogen) atoms. The Labute approximate surface area is 198 Å². The summed E-state index contributed by atoms with van der Waals surface area (Å²) < 4.78 is 5.88. The van der Waals surface area contributed by atoms with Crippen LogP contribution in [0.1, 0.15) is 23.0 Å². The van der Waals surface area contributed by atoms with Gasteiger partial charge in [0.1, 0.15) is 11.5 Å². The van der Waals surface area contributed by atoms with E-state index in [1.54, 1.807) is 53.4 Å². The summed E-state index contributed by atoms with van der Waals surface area (Å²) in [5.74, 6) is -0.0599. The molecular formula is C23H16Cl2N2O4S. The minimum absolute atomic E-state index is 0.174. The van der Waals surface area contributed by atoms with Crippen molar-refractivity contribution in [1.82, 2.24) is 4.90 Å². The Hall–Kier alpha value is -3.00. The topological polar surface area (TPSA) is 83.1 Å². The van der Waals surface area contributed by atoms with E-state index in [1.807, 2.05) is 6.92 Å². The van der Waals surface area contributed by atoms with Crippen LogP contribution in [0.4, 0.5) is 5.69 Å². The van der Waals surface area contributed by atoms with Crippen LogP contribution in [-0.2, 0) is 4.79 Å². The highest BCUT2D eigenvalue weighted by Gasteiger charge is 2.32. The third-order valence-electron chi connectivity index (χ3n) is 4.65. The van der Waals surface area contributed by atoms with Crippen molar-refractivity contribution in [3.8, 4) is 11.3 Å². The fraction of sp³-hybridized carbons (Fsp3) is 0.0870. The van der Waals surface area contributed by atoms with Gasteiger partial charge >= 0.3 is 5.97 Å². The molecule has 162 valence electrons. The van der Waals surface area contributed by atoms with Crippen LogP contribution >= 0.6 is 35.0 Å². The molecule has 3 aromatic rings. The lowest BCUT2D eigenvalue weighted by molar-refractivity contribution is -0.122. The molecule has 1 fully saturated rings. The second-order valence-electron chi connectivity index (χ2n) is 6.74. The summed E-state index contributed by atoms with van der Waals surface area (Å²) >= 11 is 13.3. The van der Waals surface area contributed by atoms with E-state index in [0.29, 0.717) is 43.9 Å². The number of likely N-dealkylation sites (N-methyl/N-ethyl adjacent to an activating group) is 1. The molecule has 2 heterocycles. The van der Waals surface area contributed by atoms with Crippen molar-refractivity contribution in [3.05, 3.63) is 80.9 Å². The number of hydrogen-bond acceptors (Lipinski definition) is 5. The molecule has 1 aliphatic rings. The molecule has 6 nitrogen and oxygen atoms in total. The summed E-state index contributed by atoms with van der Waals surface area (Å²) in [6.07, 6.45) is 1.67. The molecule has 0 unspecified atom stereocenters. The second kappa shape index (κ2) is 9.24. The normalized spacial score (nSPS) is 16.3. The number of thioether (sulfide) groups is 1. The summed E-state index contributed by atoms with van der Waals surface area (Å²) in [6.45, 7) is 2.31. The van der Waals surface area contributed by atoms with E-state index in [0.717, 1.165) is 5.56 Å². The van der Waals surface area contributed by atoms with E-state index in [1.165, 1.54) is 23.9 Å². The molecule has 9 heteroatoms. The fourth-order valence-electron chi connectivity index (χ4n) is 3.02. The SMILES string of the molecule is CCN1C(=O)C(=Cc2ccc(-c3ccc(Cl)c(Cl)c3)o2)SC1=Nc1ccc(C(=O)O)cc1. The van der Waals surface area contributed by atoms with Gasteiger partial charge in [-0.2, -0.15) is 0 Å². The first-order chi connectivity index (χ1) is 15.4. The standard InChI is InChI=1S/C23H16Cl2N2O4S/c1-2-27-21(28)20(32-23(27)26-15-6-3-13(4-7-15)22(29)30)12-16-8-10-19(31-16)14-5-9-17(24)18(25)11-14/h3-12H,2H2,1H3,(H,29,30). The Kier molecular flexibility index (Phi) is 6.41. The summed E-state index contributed by atoms with van der Waals surface area (Å²) in [5.41, 5.74) is 1.51. The Morgan fingerprint density at radius 1 is 1.12 bits per heavy atom. The van der Waals surface area contributed by atoms with Gasteiger partial charge in [0, 0.05) is 18.2 Å². The number of rotatable bonds is 5. The molecule has 1 amide bonds. The van der Waals surface area contributed by atoms with E-state index in [2.05, 4.69) is 4.99 Å². The van der Waals surface area contributed by atoms with Gasteiger partial charge in [0.15, 0.2) is 5.17 Å². The smallest absolute Gasteiger partial charge is 0.335 e. The lowest BCUT2D eigenvalue weighted by Gasteiger charge is -2.11. The summed E-state index contributed by atoms with van der Waals surface area (Å²) in [4.78, 5) is 30.4. The van der Waals surface area contributed by atoms with Gasteiger partial charge in [-0.25, -0.2) is 9.79 Å². The number of benzene rings is 2. The number of carbonyl (C=O) groups is 2. The molecule has 2 aromatic carbocycles. The van der Waals surface area contributed by atoms with Gasteiger partial charge < -0.3 is 9.52 Å². The fourth-order valence-corrected chi connectivity index (χ4v) is 4.36. The quantitative estimate of drug-likeness (QED) is 0.412. The van der Waals surface area contributed by atoms with Crippen molar-refractivity contribution >= 4 is 63.8 Å². The van der Waals surface area contributed by atoms with E-state index in [-0.39, 0.29) is 11.5 Å². The number of halogens is 2. The van der Waals surface area contributed by atoms with Crippen molar-refractivity contribution in [3.63, 3.8) is 0 Å². The van der Waals surface area contributed by atoms with Gasteiger partial charge in [0.25, 0.3) is 5.91 Å². The summed E-state index contributed by atoms with van der Waals surface area (Å²) in [7, 11) is 0. The molecule has 0 saturated carbocycles. The lowest BCUT2D eigenvalue weighted by atomic mass is 10.2. The zero-order chi connectivity index (χ0) is 22.8. The van der Waals surface area contributed by atoms with Crippen LogP contribution in [0.5, 0.6) is 0 Å². The highest BCUT2D eigenvalue weighted by atomic mass is 35.5. The molecule has 0 bridgehead atoms. The van der Waals surface area contributed by atoms with Crippen LogP contribution in [0.2, 0.25) is 10.0 Å². The summed E-state index contributed by atoms with van der Waals surface area (Å²) in [6, 6.07) is 14.9. The van der Waals surface area contributed by atoms with E-state index < -0.39 is 5.97 Å². The maximum Gasteiger partial charge on any atom is 0.335 e. The second-order valence-corrected chi connectivity index (χ2v) is 8.56. The first-order valence-corrected chi connectivity index (χ1v) is 11.1. The van der Waals surface area contributed by atoms with Crippen LogP contribution in [-0.4, -0.2) is 33.6 Å². The van der Waals surface area contributed by atoms with Crippen molar-refractivity contribution in [2.24, 2.45) is 4.99 Å². The first-order valence-electron chi connectivity index (χ1n) is 9.54. The molecular weight excluding hydrogens is 471 g/mol. The zero-order valence-corrected chi connectivity index (χ0v) is 19.0. The third kappa shape index (κ3) is 4.60. The number of nitrogens with zero attached hydrogens (tertiary/aromatic N) is 2. The number of furan rings is 1. The number of carbonyl (C=O) groups excluding carboxylic acids is 1. The highest BCUT2D eigenvalue weighted by Crippen LogP contribution is 2.35. The van der Waals surface area contributed by atoms with Gasteiger partial charge in [-0.3, -0.25) is 9.69 Å². The Morgan fingerprint density at radius 3 is 2.53 bits per heavy atom. The Bertz CT molecular complexity index is 1270. The zero-order valence-electron chi connectivity index (χ0n) is 16.7. The largest absolute Gasteiger partial charge is 0.478 e. The van der Waals surface area contributed by atoms with Crippen LogP contribution < -0.4 is 0 Å². The molecule has 0 spiro atoms. The maximum atomic E-state index is 12.8. The number of hydrogen-bond donors (Lipinski definition) is 1. The number of carboxylic acid groups (broad SMARTS) is 1. The number of carboxylic acids is 1. The van der Waals surface area contributed by atoms with Crippen LogP contribution in [0.25, 0.3) is 17.4 Å². The maximum absolute atomic E-state index is 12.8. The van der Waals surface area contributed by atoms with Crippen molar-refractivity contribution in [2.45, 2.75) is 6.92 Å². The van der Waals surface area contributed by atoms with Gasteiger partial charge in [-0.1, -0.05) is 23.2 Å². The average molecular weight is 487 g/mol. The Balaban J connectivity index is 1.59. The van der Waals surface area contributed by atoms with Crippen molar-refractivity contribution in [2.75, 3.05) is 6.54 Å². The third-order valence-corrected chi connectivity index (χ3v) is 6.39. The molecule has 0 atom stereocenters. The van der Waals surface area contributed by atoms with E-state index in [9.17, 15) is 9.59 Å². The molecule has 1 N–H and O–H groups in total. The van der Waals surface area contributed by atoms with E-state index >= 15 is 0 Å². The van der Waals surface area contributed by atoms with E-state index in [4.69, 9.17) is 32.7 Å². The monoisotopic (exact) mass is 486 g/mol. The molecule has 0 radical (unpaired) electrons. The van der Waals surface area contributed by atoms with Crippen molar-refractivity contribution in [1.29, 1.82) is 0 Å². The lowest BCUT2D eigenvalue weighted by Crippen LogP contribution is -2.28. The predicted octanol–water partition coefficient (Wildman–Crippen LogP) is 6.58. The molecule has 1 aliphatic heterocycles. The predicted molar refractivity (Wildman–Crippen MR) is 128 cm³/mol. The number of aromatic carboxylic acids is 1. The minimum atomic E-state index is -1.01. The van der Waals surface area contributed by atoms with Gasteiger partial charge in [0.2, 0.25) is 0 Å². The van der Waals surface area contributed by atoms with Crippen LogP contribution in [0, 0.1) is 0 Å². The van der Waals surface area contributed by atoms with Crippen molar-refractivity contribution < 1.29 is 19.1 Å². The minimum Gasteiger partial charge on any atom is -0.478 e. The molecule has 1 saturated heterocycles. The number of aliphatic imine (C=N–C) groups is 1. The average Bonchev–Trinajstić information content (AvgIpc) is 3.35. The number of amides is 1. The first kappa shape index (κ1) is 22.2.